The zero-order chi connectivity index (χ0) is 38.1. The van der Waals surface area contributed by atoms with Gasteiger partial charge in [-0.05, 0) is 50.9 Å². The molecule has 0 spiro atoms. The van der Waals surface area contributed by atoms with Gasteiger partial charge in [0.1, 0.15) is 24.2 Å². The molecule has 1 saturated carbocycles. The van der Waals surface area contributed by atoms with E-state index in [0.29, 0.717) is 32.1 Å². The number of amides is 6. The first-order chi connectivity index (χ1) is 24.2. The molecule has 2 aliphatic rings. The van der Waals surface area contributed by atoms with Gasteiger partial charge in [0.25, 0.3) is 0 Å². The molecule has 14 heteroatoms. The number of nitrogens with two attached hydrogens (primary N) is 1. The maximum atomic E-state index is 14.2. The van der Waals surface area contributed by atoms with Crippen LogP contribution in [0.1, 0.15) is 119 Å². The second kappa shape index (κ2) is 22.6. The highest BCUT2D eigenvalue weighted by Crippen LogP contribution is 2.28. The average Bonchev–Trinajstić information content (AvgIpc) is 3.09. The molecule has 0 aromatic heterocycles. The number of nitrogens with one attached hydrogen (secondary N) is 5. The molecule has 0 aromatic rings. The summed E-state index contributed by atoms with van der Waals surface area (Å²) in [5.74, 6) is -3.35. The lowest BCUT2D eigenvalue weighted by atomic mass is 9.83. The third-order valence-corrected chi connectivity index (χ3v) is 10.1. The first-order valence-corrected chi connectivity index (χ1v) is 19.2. The van der Waals surface area contributed by atoms with E-state index in [-0.39, 0.29) is 43.3 Å². The summed E-state index contributed by atoms with van der Waals surface area (Å²) in [5, 5.41) is 13.8. The quantitative estimate of drug-likeness (QED) is 0.164. The van der Waals surface area contributed by atoms with Crippen LogP contribution < -0.4 is 32.3 Å². The van der Waals surface area contributed by atoms with Crippen LogP contribution in [0.25, 0.3) is 0 Å². The molecule has 0 aromatic carbocycles. The molecule has 6 amide bonds. The van der Waals surface area contributed by atoms with Crippen LogP contribution in [0.4, 0.5) is 0 Å². The van der Waals surface area contributed by atoms with Gasteiger partial charge in [-0.1, -0.05) is 72.6 Å². The summed E-state index contributed by atoms with van der Waals surface area (Å²) in [7, 11) is 1.64. The number of likely N-dealkylation sites (N-methyl/N-ethyl adjacent to an activating group) is 1. The van der Waals surface area contributed by atoms with E-state index in [1.54, 1.807) is 14.0 Å². The molecular formula is C37H67N7O7. The number of carbonyl (C=O) groups is 6. The molecule has 7 N–H and O–H groups in total. The van der Waals surface area contributed by atoms with Crippen LogP contribution in [0.3, 0.4) is 0 Å². The van der Waals surface area contributed by atoms with Crippen molar-refractivity contribution < 1.29 is 33.5 Å². The van der Waals surface area contributed by atoms with Crippen molar-refractivity contribution in [2.75, 3.05) is 26.7 Å². The van der Waals surface area contributed by atoms with Crippen LogP contribution in [-0.2, 0) is 33.5 Å². The molecule has 1 saturated heterocycles. The predicted molar refractivity (Wildman–Crippen MR) is 196 cm³/mol. The number of hydrogen-bond donors (Lipinski definition) is 6. The minimum Gasteiger partial charge on any atom is -0.375 e. The first-order valence-electron chi connectivity index (χ1n) is 19.2. The molecular weight excluding hydrogens is 654 g/mol. The molecule has 0 bridgehead atoms. The number of ether oxygens (including phenoxy) is 1. The summed E-state index contributed by atoms with van der Waals surface area (Å²) >= 11 is 0. The van der Waals surface area contributed by atoms with E-state index in [4.69, 9.17) is 10.5 Å². The summed E-state index contributed by atoms with van der Waals surface area (Å²) < 4.78 is 6.35. The Morgan fingerprint density at radius 2 is 1.53 bits per heavy atom. The lowest BCUT2D eigenvalue weighted by Crippen LogP contribution is -2.62. The van der Waals surface area contributed by atoms with Gasteiger partial charge in [0.15, 0.2) is 0 Å². The number of rotatable bonds is 12. The molecule has 0 radical (unpaired) electrons. The van der Waals surface area contributed by atoms with Crippen LogP contribution in [0, 0.1) is 17.8 Å². The highest BCUT2D eigenvalue weighted by Gasteiger charge is 2.38. The highest BCUT2D eigenvalue weighted by atomic mass is 16.5. The minimum atomic E-state index is -1.22. The van der Waals surface area contributed by atoms with Crippen LogP contribution in [0.2, 0.25) is 0 Å². The Balaban J connectivity index is 2.57. The summed E-state index contributed by atoms with van der Waals surface area (Å²) in [6.07, 6.45) is 9.44. The number of unbranched alkanes of at least 4 members (excludes halogenated alkanes) is 3. The van der Waals surface area contributed by atoms with Crippen molar-refractivity contribution >= 4 is 35.4 Å². The van der Waals surface area contributed by atoms with E-state index in [0.717, 1.165) is 44.9 Å². The zero-order valence-electron chi connectivity index (χ0n) is 32.2. The lowest BCUT2D eigenvalue weighted by molar-refractivity contribution is -0.147. The fourth-order valence-corrected chi connectivity index (χ4v) is 6.86. The van der Waals surface area contributed by atoms with Crippen molar-refractivity contribution in [2.45, 2.75) is 155 Å². The third kappa shape index (κ3) is 14.7. The van der Waals surface area contributed by atoms with Gasteiger partial charge in [-0.3, -0.25) is 28.8 Å². The van der Waals surface area contributed by atoms with Gasteiger partial charge in [-0.15, -0.1) is 0 Å². The monoisotopic (exact) mass is 722 g/mol. The van der Waals surface area contributed by atoms with Gasteiger partial charge < -0.3 is 42.0 Å². The first kappa shape index (κ1) is 43.9. The Morgan fingerprint density at radius 3 is 2.14 bits per heavy atom. The number of carbonyl (C=O) groups excluding carboxylic acids is 6. The maximum Gasteiger partial charge on any atom is 0.244 e. The van der Waals surface area contributed by atoms with E-state index >= 15 is 0 Å². The van der Waals surface area contributed by atoms with Crippen LogP contribution in [-0.4, -0.2) is 103 Å². The van der Waals surface area contributed by atoms with Crippen molar-refractivity contribution in [3.63, 3.8) is 0 Å². The Morgan fingerprint density at radius 1 is 0.882 bits per heavy atom. The summed E-state index contributed by atoms with van der Waals surface area (Å²) in [4.78, 5) is 82.6. The summed E-state index contributed by atoms with van der Waals surface area (Å²) in [6.45, 7) is 10.7. The SMILES string of the molecule is CCCCCC[C@H]1OC[C@@H](C)NC(=O)[C@H](CNC(C)=O)NC(=O)[C@H](CN)NC(=O)[C@H](C2CCCCC2)NC(=O)[C@H](CCC(C)C)N(C)C(=O)[C@@H]1C. The second-order valence-corrected chi connectivity index (χ2v) is 15.0. The average molecular weight is 722 g/mol. The highest BCUT2D eigenvalue weighted by molar-refractivity contribution is 5.96. The van der Waals surface area contributed by atoms with Gasteiger partial charge in [-0.2, -0.15) is 0 Å². The molecule has 2 fully saturated rings. The molecule has 7 atom stereocenters. The molecule has 51 heavy (non-hydrogen) atoms. The van der Waals surface area contributed by atoms with Gasteiger partial charge in [0, 0.05) is 33.1 Å². The summed E-state index contributed by atoms with van der Waals surface area (Å²) in [6, 6.07) is -4.69. The molecule has 1 aliphatic carbocycles. The van der Waals surface area contributed by atoms with E-state index < -0.39 is 65.9 Å². The minimum absolute atomic E-state index is 0.0914. The fourth-order valence-electron chi connectivity index (χ4n) is 6.86. The molecule has 0 unspecified atom stereocenters. The van der Waals surface area contributed by atoms with Crippen LogP contribution in [0.15, 0.2) is 0 Å². The van der Waals surface area contributed by atoms with Crippen molar-refractivity contribution in [2.24, 2.45) is 23.5 Å². The third-order valence-electron chi connectivity index (χ3n) is 10.1. The lowest BCUT2D eigenvalue weighted by Gasteiger charge is -2.35. The topological polar surface area (TPSA) is 201 Å². The van der Waals surface area contributed by atoms with Crippen LogP contribution >= 0.6 is 0 Å². The van der Waals surface area contributed by atoms with E-state index in [1.165, 1.54) is 11.8 Å². The molecule has 1 aliphatic heterocycles. The number of hydrogen-bond acceptors (Lipinski definition) is 8. The van der Waals surface area contributed by atoms with E-state index in [1.807, 2.05) is 6.92 Å². The Hall–Kier alpha value is -3.26. The van der Waals surface area contributed by atoms with E-state index in [9.17, 15) is 28.8 Å². The van der Waals surface area contributed by atoms with Crippen LogP contribution in [0.5, 0.6) is 0 Å². The standard InChI is InChI=1S/C37H67N7O7/c1-8-9-10-14-17-31-25(5)37(50)44(7)30(19-18-23(2)3)35(48)43-32(27-15-12-11-13-16-27)36(49)41-28(20-38)33(46)42-29(21-39-26(6)45)34(47)40-24(4)22-51-31/h23-25,27-32H,8-22,38H2,1-7H3,(H,39,45)(H,40,47)(H,41,49)(H,42,46)(H,43,48)/t24-,25-,28+,29+,30+,31-,32+/m1/s1. The Labute approximate surface area is 305 Å². The second-order valence-electron chi connectivity index (χ2n) is 15.0. The normalized spacial score (nSPS) is 28.5. The zero-order valence-corrected chi connectivity index (χ0v) is 32.2. The van der Waals surface area contributed by atoms with Crippen molar-refractivity contribution in [1.82, 2.24) is 31.5 Å². The van der Waals surface area contributed by atoms with E-state index in [2.05, 4.69) is 47.4 Å². The Kier molecular flexibility index (Phi) is 19.5. The largest absolute Gasteiger partial charge is 0.375 e. The van der Waals surface area contributed by atoms with Gasteiger partial charge in [0.2, 0.25) is 35.4 Å². The molecule has 1 heterocycles. The number of nitrogens with zero attached hydrogens (tertiary/aromatic N) is 1. The van der Waals surface area contributed by atoms with Gasteiger partial charge in [-0.25, -0.2) is 0 Å². The fraction of sp³-hybridized carbons (Fsp3) is 0.838. The summed E-state index contributed by atoms with van der Waals surface area (Å²) in [5.41, 5.74) is 5.98. The van der Waals surface area contributed by atoms with Crippen molar-refractivity contribution in [3.05, 3.63) is 0 Å². The van der Waals surface area contributed by atoms with Crippen molar-refractivity contribution in [3.8, 4) is 0 Å². The van der Waals surface area contributed by atoms with Gasteiger partial charge >= 0.3 is 0 Å². The molecule has 292 valence electrons. The van der Waals surface area contributed by atoms with Crippen molar-refractivity contribution in [1.29, 1.82) is 0 Å². The molecule has 2 rings (SSSR count). The predicted octanol–water partition coefficient (Wildman–Crippen LogP) is 1.89. The Bertz CT molecular complexity index is 1150. The maximum absolute atomic E-state index is 14.2. The van der Waals surface area contributed by atoms with Gasteiger partial charge in [0.05, 0.1) is 18.6 Å². The molecule has 14 nitrogen and oxygen atoms in total. The smallest absolute Gasteiger partial charge is 0.244 e.